The van der Waals surface area contributed by atoms with Gasteiger partial charge >= 0.3 is 0 Å². The number of fused-ring (bicyclic) bond motifs is 8. The van der Waals surface area contributed by atoms with Crippen molar-refractivity contribution in [1.82, 2.24) is 0 Å². The maximum atomic E-state index is 6.35. The number of rotatable bonds is 5. The SMILES string of the molecule is CC1(C)c2ccccc2-c2ccc(N(c3ccc4oc5ccccc5c4c3)c3cccc(-c4ccc5ccccc5c4)c3-c3ccc4ccccc4c3)cc21. The van der Waals surface area contributed by atoms with E-state index in [0.717, 1.165) is 39.0 Å². The van der Waals surface area contributed by atoms with Crippen LogP contribution in [0.2, 0.25) is 0 Å². The molecule has 260 valence electrons. The van der Waals surface area contributed by atoms with Crippen LogP contribution >= 0.6 is 0 Å². The number of hydrogen-bond donors (Lipinski definition) is 0. The van der Waals surface area contributed by atoms with Crippen molar-refractivity contribution in [2.24, 2.45) is 0 Å². The molecule has 2 heteroatoms. The summed E-state index contributed by atoms with van der Waals surface area (Å²) >= 11 is 0. The molecule has 0 aliphatic heterocycles. The van der Waals surface area contributed by atoms with Crippen molar-refractivity contribution in [3.8, 4) is 33.4 Å². The van der Waals surface area contributed by atoms with Crippen molar-refractivity contribution in [2.45, 2.75) is 19.3 Å². The highest BCUT2D eigenvalue weighted by molar-refractivity contribution is 6.08. The van der Waals surface area contributed by atoms with Gasteiger partial charge in [0, 0.05) is 33.1 Å². The molecule has 1 aliphatic rings. The van der Waals surface area contributed by atoms with Gasteiger partial charge < -0.3 is 9.32 Å². The van der Waals surface area contributed by atoms with Crippen LogP contribution in [-0.2, 0) is 5.41 Å². The van der Waals surface area contributed by atoms with E-state index in [1.807, 2.05) is 6.07 Å². The first kappa shape index (κ1) is 31.6. The molecule has 0 unspecified atom stereocenters. The van der Waals surface area contributed by atoms with Crippen molar-refractivity contribution in [2.75, 3.05) is 4.90 Å². The topological polar surface area (TPSA) is 16.4 Å². The van der Waals surface area contributed by atoms with Crippen LogP contribution in [-0.4, -0.2) is 0 Å². The second-order valence-electron chi connectivity index (χ2n) is 15.3. The average Bonchev–Trinajstić information content (AvgIpc) is 3.72. The van der Waals surface area contributed by atoms with Crippen LogP contribution < -0.4 is 4.90 Å². The Balaban J connectivity index is 1.21. The fourth-order valence-corrected chi connectivity index (χ4v) is 9.08. The van der Waals surface area contributed by atoms with Crippen molar-refractivity contribution < 1.29 is 4.42 Å². The summed E-state index contributed by atoms with van der Waals surface area (Å²) in [6, 6.07) is 68.8. The second kappa shape index (κ2) is 12.1. The minimum Gasteiger partial charge on any atom is -0.456 e. The van der Waals surface area contributed by atoms with E-state index in [1.165, 1.54) is 66.1 Å². The fraction of sp³-hybridized carbons (Fsp3) is 0.0566. The summed E-state index contributed by atoms with van der Waals surface area (Å²) in [5, 5.41) is 7.12. The number of hydrogen-bond acceptors (Lipinski definition) is 2. The first-order chi connectivity index (χ1) is 27.0. The Morgan fingerprint density at radius 3 is 1.82 bits per heavy atom. The van der Waals surface area contributed by atoms with Gasteiger partial charge in [0.25, 0.3) is 0 Å². The molecule has 10 aromatic rings. The molecule has 0 saturated heterocycles. The van der Waals surface area contributed by atoms with E-state index in [9.17, 15) is 0 Å². The van der Waals surface area contributed by atoms with Crippen molar-refractivity contribution in [3.05, 3.63) is 199 Å². The maximum Gasteiger partial charge on any atom is 0.135 e. The normalized spacial score (nSPS) is 13.1. The number of para-hydroxylation sites is 1. The predicted molar refractivity (Wildman–Crippen MR) is 232 cm³/mol. The van der Waals surface area contributed by atoms with Gasteiger partial charge in [-0.2, -0.15) is 0 Å². The van der Waals surface area contributed by atoms with Gasteiger partial charge in [0.05, 0.1) is 5.69 Å². The summed E-state index contributed by atoms with van der Waals surface area (Å²) < 4.78 is 6.35. The Kier molecular flexibility index (Phi) is 6.93. The van der Waals surface area contributed by atoms with Gasteiger partial charge in [-0.15, -0.1) is 0 Å². The summed E-state index contributed by atoms with van der Waals surface area (Å²) in [5.74, 6) is 0. The Hall–Kier alpha value is -6.90. The Labute approximate surface area is 320 Å². The van der Waals surface area contributed by atoms with Crippen molar-refractivity contribution in [1.29, 1.82) is 0 Å². The molecule has 0 fully saturated rings. The molecule has 0 amide bonds. The first-order valence-corrected chi connectivity index (χ1v) is 19.1. The number of benzene rings is 9. The predicted octanol–water partition coefficient (Wildman–Crippen LogP) is 15.0. The molecule has 0 saturated carbocycles. The lowest BCUT2D eigenvalue weighted by molar-refractivity contribution is 0.660. The molecule has 1 aromatic heterocycles. The van der Waals surface area contributed by atoms with E-state index in [1.54, 1.807) is 0 Å². The smallest absolute Gasteiger partial charge is 0.135 e. The van der Waals surface area contributed by atoms with Crippen LogP contribution in [0, 0.1) is 0 Å². The van der Waals surface area contributed by atoms with Crippen LogP contribution in [0.25, 0.3) is 76.9 Å². The molecule has 0 bridgehead atoms. The van der Waals surface area contributed by atoms with E-state index in [-0.39, 0.29) is 5.41 Å². The Morgan fingerprint density at radius 2 is 1.00 bits per heavy atom. The second-order valence-corrected chi connectivity index (χ2v) is 15.3. The van der Waals surface area contributed by atoms with E-state index in [2.05, 4.69) is 201 Å². The third-order valence-electron chi connectivity index (χ3n) is 11.8. The van der Waals surface area contributed by atoms with Gasteiger partial charge in [0.1, 0.15) is 11.2 Å². The van der Waals surface area contributed by atoms with Gasteiger partial charge in [-0.3, -0.25) is 0 Å². The van der Waals surface area contributed by atoms with Gasteiger partial charge in [-0.1, -0.05) is 147 Å². The van der Waals surface area contributed by atoms with Gasteiger partial charge in [-0.05, 0) is 115 Å². The molecule has 0 radical (unpaired) electrons. The average molecular weight is 704 g/mol. The van der Waals surface area contributed by atoms with E-state index < -0.39 is 0 Å². The van der Waals surface area contributed by atoms with E-state index in [0.29, 0.717) is 0 Å². The molecule has 0 spiro atoms. The van der Waals surface area contributed by atoms with Gasteiger partial charge in [0.15, 0.2) is 0 Å². The lowest BCUT2D eigenvalue weighted by Crippen LogP contribution is -2.17. The minimum atomic E-state index is -0.146. The van der Waals surface area contributed by atoms with Crippen molar-refractivity contribution in [3.63, 3.8) is 0 Å². The third kappa shape index (κ3) is 4.95. The Bertz CT molecular complexity index is 3150. The highest BCUT2D eigenvalue weighted by Crippen LogP contribution is 2.52. The minimum absolute atomic E-state index is 0.146. The van der Waals surface area contributed by atoms with E-state index >= 15 is 0 Å². The summed E-state index contributed by atoms with van der Waals surface area (Å²) in [5.41, 5.74) is 15.0. The molecular formula is C53H37NO. The largest absolute Gasteiger partial charge is 0.456 e. The number of anilines is 3. The highest BCUT2D eigenvalue weighted by atomic mass is 16.3. The molecule has 55 heavy (non-hydrogen) atoms. The monoisotopic (exact) mass is 703 g/mol. The zero-order chi connectivity index (χ0) is 36.7. The summed E-state index contributed by atoms with van der Waals surface area (Å²) in [6.07, 6.45) is 0. The zero-order valence-corrected chi connectivity index (χ0v) is 30.8. The summed E-state index contributed by atoms with van der Waals surface area (Å²) in [7, 11) is 0. The standard InChI is InChI=1S/C53H37NO/c1-53(2)47-19-9-7-16-43(47)44-28-26-41(33-48(44)53)54(40-27-29-51-46(32-40)45-17-8-10-21-50(45)55-51)49-20-11-18-42(38-24-22-34-12-3-5-14-36(34)30-38)52(49)39-25-23-35-13-4-6-15-37(35)31-39/h3-33H,1-2H3. The first-order valence-electron chi connectivity index (χ1n) is 19.1. The van der Waals surface area contributed by atoms with Crippen molar-refractivity contribution >= 4 is 60.5 Å². The fourth-order valence-electron chi connectivity index (χ4n) is 9.08. The molecule has 9 aromatic carbocycles. The molecule has 0 atom stereocenters. The van der Waals surface area contributed by atoms with Crippen LogP contribution in [0.3, 0.4) is 0 Å². The van der Waals surface area contributed by atoms with Crippen LogP contribution in [0.1, 0.15) is 25.0 Å². The lowest BCUT2D eigenvalue weighted by Gasteiger charge is -2.31. The van der Waals surface area contributed by atoms with Crippen LogP contribution in [0.15, 0.2) is 192 Å². The molecule has 0 N–H and O–H groups in total. The van der Waals surface area contributed by atoms with Gasteiger partial charge in [0.2, 0.25) is 0 Å². The molecular weight excluding hydrogens is 667 g/mol. The quantitative estimate of drug-likeness (QED) is 0.177. The number of furan rings is 1. The van der Waals surface area contributed by atoms with Crippen LogP contribution in [0.5, 0.6) is 0 Å². The Morgan fingerprint density at radius 1 is 0.400 bits per heavy atom. The lowest BCUT2D eigenvalue weighted by atomic mass is 9.82. The van der Waals surface area contributed by atoms with Gasteiger partial charge in [-0.25, -0.2) is 0 Å². The molecule has 1 aliphatic carbocycles. The third-order valence-corrected chi connectivity index (χ3v) is 11.8. The number of nitrogens with zero attached hydrogens (tertiary/aromatic N) is 1. The highest BCUT2D eigenvalue weighted by Gasteiger charge is 2.36. The molecule has 2 nitrogen and oxygen atoms in total. The van der Waals surface area contributed by atoms with E-state index in [4.69, 9.17) is 4.42 Å². The summed E-state index contributed by atoms with van der Waals surface area (Å²) in [6.45, 7) is 4.71. The molecule has 11 rings (SSSR count). The van der Waals surface area contributed by atoms with Crippen LogP contribution in [0.4, 0.5) is 17.1 Å². The summed E-state index contributed by atoms with van der Waals surface area (Å²) in [4.78, 5) is 2.47. The maximum absolute atomic E-state index is 6.35. The zero-order valence-electron chi connectivity index (χ0n) is 30.8. The molecule has 1 heterocycles.